The Labute approximate surface area is 106 Å². The van der Waals surface area contributed by atoms with Gasteiger partial charge in [-0.05, 0) is 17.7 Å². The van der Waals surface area contributed by atoms with Gasteiger partial charge in [-0.15, -0.1) is 0 Å². The van der Waals surface area contributed by atoms with Gasteiger partial charge in [-0.25, -0.2) is 13.1 Å². The van der Waals surface area contributed by atoms with Gasteiger partial charge in [-0.1, -0.05) is 12.1 Å². The summed E-state index contributed by atoms with van der Waals surface area (Å²) >= 11 is 0. The van der Waals surface area contributed by atoms with Gasteiger partial charge in [0.15, 0.2) is 0 Å². The van der Waals surface area contributed by atoms with Crippen molar-refractivity contribution in [1.29, 1.82) is 0 Å². The first kappa shape index (κ1) is 14.5. The van der Waals surface area contributed by atoms with E-state index in [0.717, 1.165) is 5.56 Å². The van der Waals surface area contributed by atoms with Crippen LogP contribution in [0.5, 0.6) is 5.75 Å². The van der Waals surface area contributed by atoms with Crippen LogP contribution in [-0.4, -0.2) is 32.4 Å². The minimum Gasteiger partial charge on any atom is -0.497 e. The monoisotopic (exact) mass is 273 g/mol. The summed E-state index contributed by atoms with van der Waals surface area (Å²) in [7, 11) is -2.04. The lowest BCUT2D eigenvalue weighted by molar-refractivity contribution is -0.136. The first-order valence-corrected chi connectivity index (χ1v) is 6.90. The van der Waals surface area contributed by atoms with E-state index < -0.39 is 28.2 Å². The molecule has 0 atom stereocenters. The van der Waals surface area contributed by atoms with Crippen LogP contribution >= 0.6 is 0 Å². The molecule has 0 heterocycles. The van der Waals surface area contributed by atoms with Gasteiger partial charge >= 0.3 is 5.97 Å². The van der Waals surface area contributed by atoms with Gasteiger partial charge in [-0.2, -0.15) is 0 Å². The number of hydrogen-bond donors (Lipinski definition) is 2. The van der Waals surface area contributed by atoms with Crippen molar-refractivity contribution in [3.8, 4) is 5.75 Å². The molecule has 0 aliphatic heterocycles. The molecule has 0 saturated carbocycles. The second-order valence-electron chi connectivity index (χ2n) is 3.64. The number of carboxylic acid groups (broad SMARTS) is 1. The number of ether oxygens (including phenoxy) is 1. The molecule has 1 rings (SSSR count). The minimum absolute atomic E-state index is 0.110. The quantitative estimate of drug-likeness (QED) is 0.758. The average Bonchev–Trinajstić information content (AvgIpc) is 2.35. The molecule has 0 unspecified atom stereocenters. The maximum Gasteiger partial charge on any atom is 0.304 e. The molecule has 100 valence electrons. The Morgan fingerprint density at radius 3 is 2.78 bits per heavy atom. The third-order valence-corrected chi connectivity index (χ3v) is 3.54. The van der Waals surface area contributed by atoms with Crippen LogP contribution in [0.1, 0.15) is 12.0 Å². The molecule has 18 heavy (non-hydrogen) atoms. The third-order valence-electron chi connectivity index (χ3n) is 2.22. The maximum atomic E-state index is 11.5. The highest BCUT2D eigenvalue weighted by molar-refractivity contribution is 7.89. The van der Waals surface area contributed by atoms with Crippen molar-refractivity contribution in [2.75, 3.05) is 12.9 Å². The van der Waals surface area contributed by atoms with Crippen molar-refractivity contribution in [3.63, 3.8) is 0 Å². The van der Waals surface area contributed by atoms with Crippen LogP contribution in [0.25, 0.3) is 0 Å². The second kappa shape index (κ2) is 6.36. The van der Waals surface area contributed by atoms with Crippen molar-refractivity contribution in [1.82, 2.24) is 4.72 Å². The number of rotatable bonds is 7. The molecule has 0 aromatic heterocycles. The number of methoxy groups -OCH3 is 1. The zero-order valence-corrected chi connectivity index (χ0v) is 10.7. The Morgan fingerprint density at radius 1 is 1.44 bits per heavy atom. The molecular weight excluding hydrogens is 258 g/mol. The van der Waals surface area contributed by atoms with Gasteiger partial charge in [-0.3, -0.25) is 4.79 Å². The average molecular weight is 273 g/mol. The largest absolute Gasteiger partial charge is 0.497 e. The fraction of sp³-hybridized carbons (Fsp3) is 0.364. The van der Waals surface area contributed by atoms with Gasteiger partial charge < -0.3 is 9.84 Å². The Hall–Kier alpha value is -1.60. The van der Waals surface area contributed by atoms with Gasteiger partial charge in [0.05, 0.1) is 19.3 Å². The Balaban J connectivity index is 2.55. The second-order valence-corrected chi connectivity index (χ2v) is 5.56. The smallest absolute Gasteiger partial charge is 0.304 e. The summed E-state index contributed by atoms with van der Waals surface area (Å²) in [5.74, 6) is -0.925. The number of carboxylic acids is 1. The highest BCUT2D eigenvalue weighted by atomic mass is 32.2. The van der Waals surface area contributed by atoms with Crippen molar-refractivity contribution in [3.05, 3.63) is 29.8 Å². The lowest BCUT2D eigenvalue weighted by Gasteiger charge is -2.07. The number of carbonyl (C=O) groups is 1. The summed E-state index contributed by atoms with van der Waals surface area (Å²) < 4.78 is 30.3. The van der Waals surface area contributed by atoms with Crippen LogP contribution in [-0.2, 0) is 21.4 Å². The summed E-state index contributed by atoms with van der Waals surface area (Å²) in [6.45, 7) is 0.110. The van der Waals surface area contributed by atoms with Crippen molar-refractivity contribution in [2.45, 2.75) is 13.0 Å². The molecule has 0 radical (unpaired) electrons. The van der Waals surface area contributed by atoms with E-state index in [1.165, 1.54) is 7.11 Å². The number of hydrogen-bond acceptors (Lipinski definition) is 4. The van der Waals surface area contributed by atoms with Crippen LogP contribution in [0.3, 0.4) is 0 Å². The van der Waals surface area contributed by atoms with Gasteiger partial charge in [0, 0.05) is 6.54 Å². The molecule has 0 aliphatic carbocycles. The van der Waals surface area contributed by atoms with E-state index in [1.807, 2.05) is 0 Å². The molecule has 0 spiro atoms. The summed E-state index contributed by atoms with van der Waals surface area (Å²) in [6, 6.07) is 6.96. The van der Waals surface area contributed by atoms with Crippen molar-refractivity contribution in [2.24, 2.45) is 0 Å². The van der Waals surface area contributed by atoms with E-state index in [2.05, 4.69) is 4.72 Å². The minimum atomic E-state index is -3.57. The van der Waals surface area contributed by atoms with E-state index in [9.17, 15) is 13.2 Å². The van der Waals surface area contributed by atoms with Crippen LogP contribution in [0.4, 0.5) is 0 Å². The van der Waals surface area contributed by atoms with Crippen LogP contribution in [0, 0.1) is 0 Å². The first-order chi connectivity index (χ1) is 8.43. The Morgan fingerprint density at radius 2 is 2.17 bits per heavy atom. The van der Waals surface area contributed by atoms with Crippen molar-refractivity contribution < 1.29 is 23.1 Å². The molecule has 1 aromatic carbocycles. The molecule has 0 aliphatic rings. The zero-order valence-electron chi connectivity index (χ0n) is 9.92. The summed E-state index contributed by atoms with van der Waals surface area (Å²) in [5, 5.41) is 8.42. The molecule has 1 aromatic rings. The highest BCUT2D eigenvalue weighted by Gasteiger charge is 2.12. The van der Waals surface area contributed by atoms with Gasteiger partial charge in [0.1, 0.15) is 5.75 Å². The lowest BCUT2D eigenvalue weighted by atomic mass is 10.2. The Kier molecular flexibility index (Phi) is 5.11. The lowest BCUT2D eigenvalue weighted by Crippen LogP contribution is -2.27. The van der Waals surface area contributed by atoms with E-state index in [4.69, 9.17) is 9.84 Å². The summed E-state index contributed by atoms with van der Waals surface area (Å²) in [6.07, 6.45) is -0.409. The fourth-order valence-electron chi connectivity index (χ4n) is 1.27. The predicted molar refractivity (Wildman–Crippen MR) is 65.9 cm³/mol. The SMILES string of the molecule is COc1cccc(CNS(=O)(=O)CCC(=O)O)c1. The Bertz CT molecular complexity index is 512. The van der Waals surface area contributed by atoms with Gasteiger partial charge in [0.2, 0.25) is 10.0 Å². The zero-order chi connectivity index (χ0) is 13.6. The van der Waals surface area contributed by atoms with Gasteiger partial charge in [0.25, 0.3) is 0 Å². The third kappa shape index (κ3) is 5.15. The van der Waals surface area contributed by atoms with E-state index in [0.29, 0.717) is 5.75 Å². The molecule has 0 amide bonds. The molecule has 7 heteroatoms. The number of benzene rings is 1. The van der Waals surface area contributed by atoms with Crippen LogP contribution < -0.4 is 9.46 Å². The molecule has 0 bridgehead atoms. The summed E-state index contributed by atoms with van der Waals surface area (Å²) in [5.41, 5.74) is 0.744. The maximum absolute atomic E-state index is 11.5. The van der Waals surface area contributed by atoms with E-state index in [-0.39, 0.29) is 6.54 Å². The molecule has 6 nitrogen and oxygen atoms in total. The van der Waals surface area contributed by atoms with Crippen LogP contribution in [0.15, 0.2) is 24.3 Å². The number of sulfonamides is 1. The molecule has 2 N–H and O–H groups in total. The molecular formula is C11H15NO5S. The number of aliphatic carboxylic acids is 1. The highest BCUT2D eigenvalue weighted by Crippen LogP contribution is 2.12. The molecule has 0 fully saturated rings. The fourth-order valence-corrected chi connectivity index (χ4v) is 2.24. The number of nitrogens with one attached hydrogen (secondary N) is 1. The predicted octanol–water partition coefficient (Wildman–Crippen LogP) is 0.589. The van der Waals surface area contributed by atoms with Crippen LogP contribution in [0.2, 0.25) is 0 Å². The normalized spacial score (nSPS) is 11.2. The van der Waals surface area contributed by atoms with E-state index in [1.54, 1.807) is 24.3 Å². The standard InChI is InChI=1S/C11H15NO5S/c1-17-10-4-2-3-9(7-10)8-12-18(15,16)6-5-11(13)14/h2-4,7,12H,5-6,8H2,1H3,(H,13,14). The topological polar surface area (TPSA) is 92.7 Å². The van der Waals surface area contributed by atoms with E-state index >= 15 is 0 Å². The first-order valence-electron chi connectivity index (χ1n) is 5.25. The summed E-state index contributed by atoms with van der Waals surface area (Å²) in [4.78, 5) is 10.3. The van der Waals surface area contributed by atoms with Crippen molar-refractivity contribution >= 4 is 16.0 Å². The molecule has 0 saturated heterocycles.